The number of rotatable bonds is 6. The summed E-state index contributed by atoms with van der Waals surface area (Å²) in [5.74, 6) is 1.14. The van der Waals surface area contributed by atoms with E-state index in [4.69, 9.17) is 4.42 Å². The molecule has 0 aliphatic carbocycles. The molecule has 1 aromatic heterocycles. The van der Waals surface area contributed by atoms with Crippen LogP contribution in [-0.4, -0.2) is 11.5 Å². The standard InChI is InChI=1S/C15H22N2O/c1-4-5-6-9-16-12-7-8-14-13(10-12)17-15(18-14)11(2)3/h7-8,10-11,16H,4-6,9H2,1-3H3. The largest absolute Gasteiger partial charge is 0.440 e. The molecule has 3 nitrogen and oxygen atoms in total. The van der Waals surface area contributed by atoms with Gasteiger partial charge in [-0.05, 0) is 24.6 Å². The summed E-state index contributed by atoms with van der Waals surface area (Å²) in [6.45, 7) is 7.42. The van der Waals surface area contributed by atoms with Crippen molar-refractivity contribution in [2.24, 2.45) is 0 Å². The van der Waals surface area contributed by atoms with Crippen LogP contribution in [0.5, 0.6) is 0 Å². The fourth-order valence-corrected chi connectivity index (χ4v) is 1.91. The van der Waals surface area contributed by atoms with E-state index in [2.05, 4.69) is 43.2 Å². The van der Waals surface area contributed by atoms with Crippen LogP contribution in [0.1, 0.15) is 51.8 Å². The number of benzene rings is 1. The average Bonchev–Trinajstić information content (AvgIpc) is 2.78. The Labute approximate surface area is 109 Å². The van der Waals surface area contributed by atoms with Crippen molar-refractivity contribution < 1.29 is 4.42 Å². The lowest BCUT2D eigenvalue weighted by Crippen LogP contribution is -2.00. The Hall–Kier alpha value is -1.51. The first kappa shape index (κ1) is 12.9. The second-order valence-electron chi connectivity index (χ2n) is 5.02. The van der Waals surface area contributed by atoms with Crippen molar-refractivity contribution in [2.45, 2.75) is 46.0 Å². The summed E-state index contributed by atoms with van der Waals surface area (Å²) in [7, 11) is 0. The lowest BCUT2D eigenvalue weighted by atomic mass is 10.2. The minimum atomic E-state index is 0.332. The third kappa shape index (κ3) is 3.03. The molecule has 0 unspecified atom stereocenters. The predicted octanol–water partition coefficient (Wildman–Crippen LogP) is 4.55. The predicted molar refractivity (Wildman–Crippen MR) is 76.1 cm³/mol. The highest BCUT2D eigenvalue weighted by atomic mass is 16.3. The van der Waals surface area contributed by atoms with Crippen LogP contribution in [0.2, 0.25) is 0 Å². The van der Waals surface area contributed by atoms with Gasteiger partial charge in [0.15, 0.2) is 11.5 Å². The van der Waals surface area contributed by atoms with Crippen molar-refractivity contribution in [1.29, 1.82) is 0 Å². The van der Waals surface area contributed by atoms with Crippen LogP contribution in [-0.2, 0) is 0 Å². The number of aromatic nitrogens is 1. The maximum absolute atomic E-state index is 5.69. The Balaban J connectivity index is 2.07. The van der Waals surface area contributed by atoms with Crippen molar-refractivity contribution in [1.82, 2.24) is 4.98 Å². The summed E-state index contributed by atoms with van der Waals surface area (Å²) in [5.41, 5.74) is 2.94. The number of hydrogen-bond acceptors (Lipinski definition) is 3. The highest BCUT2D eigenvalue weighted by Crippen LogP contribution is 2.23. The van der Waals surface area contributed by atoms with Gasteiger partial charge in [0.2, 0.25) is 0 Å². The van der Waals surface area contributed by atoms with Gasteiger partial charge >= 0.3 is 0 Å². The van der Waals surface area contributed by atoms with Gasteiger partial charge in [-0.3, -0.25) is 0 Å². The smallest absolute Gasteiger partial charge is 0.198 e. The van der Waals surface area contributed by atoms with Gasteiger partial charge in [0.05, 0.1) is 0 Å². The topological polar surface area (TPSA) is 38.1 Å². The molecule has 1 heterocycles. The minimum Gasteiger partial charge on any atom is -0.440 e. The molecule has 18 heavy (non-hydrogen) atoms. The van der Waals surface area contributed by atoms with Gasteiger partial charge in [0.25, 0.3) is 0 Å². The molecule has 0 amide bonds. The van der Waals surface area contributed by atoms with E-state index in [0.717, 1.165) is 29.2 Å². The first-order valence-corrected chi connectivity index (χ1v) is 6.85. The minimum absolute atomic E-state index is 0.332. The quantitative estimate of drug-likeness (QED) is 0.760. The summed E-state index contributed by atoms with van der Waals surface area (Å²) in [6.07, 6.45) is 3.74. The SMILES string of the molecule is CCCCCNc1ccc2oc(C(C)C)nc2c1. The number of nitrogens with zero attached hydrogens (tertiary/aromatic N) is 1. The van der Waals surface area contributed by atoms with Crippen molar-refractivity contribution >= 4 is 16.8 Å². The van der Waals surface area contributed by atoms with Crippen LogP contribution in [0.25, 0.3) is 11.1 Å². The Bertz CT molecular complexity index is 502. The molecule has 0 spiro atoms. The molecule has 98 valence electrons. The van der Waals surface area contributed by atoms with Gasteiger partial charge in [-0.2, -0.15) is 0 Å². The van der Waals surface area contributed by atoms with Gasteiger partial charge in [-0.25, -0.2) is 4.98 Å². The molecular formula is C15H22N2O. The number of oxazole rings is 1. The van der Waals surface area contributed by atoms with E-state index < -0.39 is 0 Å². The van der Waals surface area contributed by atoms with Crippen molar-refractivity contribution in [2.75, 3.05) is 11.9 Å². The van der Waals surface area contributed by atoms with Crippen molar-refractivity contribution in [3.63, 3.8) is 0 Å². The van der Waals surface area contributed by atoms with E-state index in [0.29, 0.717) is 5.92 Å². The monoisotopic (exact) mass is 246 g/mol. The van der Waals surface area contributed by atoms with Crippen molar-refractivity contribution in [3.8, 4) is 0 Å². The average molecular weight is 246 g/mol. The second-order valence-corrected chi connectivity index (χ2v) is 5.02. The van der Waals surface area contributed by atoms with E-state index in [1.165, 1.54) is 19.3 Å². The molecule has 1 N–H and O–H groups in total. The van der Waals surface area contributed by atoms with Crippen LogP contribution in [0.15, 0.2) is 22.6 Å². The number of hydrogen-bond donors (Lipinski definition) is 1. The molecule has 2 aromatic rings. The summed E-state index contributed by atoms with van der Waals surface area (Å²) < 4.78 is 5.69. The van der Waals surface area contributed by atoms with Crippen LogP contribution in [0.4, 0.5) is 5.69 Å². The van der Waals surface area contributed by atoms with Gasteiger partial charge in [-0.15, -0.1) is 0 Å². The van der Waals surface area contributed by atoms with Crippen molar-refractivity contribution in [3.05, 3.63) is 24.1 Å². The maximum atomic E-state index is 5.69. The molecule has 3 heteroatoms. The van der Waals surface area contributed by atoms with E-state index in [9.17, 15) is 0 Å². The fraction of sp³-hybridized carbons (Fsp3) is 0.533. The molecular weight excluding hydrogens is 224 g/mol. The molecule has 1 aromatic carbocycles. The Morgan fingerprint density at radius 1 is 1.28 bits per heavy atom. The Morgan fingerprint density at radius 3 is 2.83 bits per heavy atom. The van der Waals surface area contributed by atoms with Gasteiger partial charge < -0.3 is 9.73 Å². The Morgan fingerprint density at radius 2 is 2.11 bits per heavy atom. The molecule has 2 rings (SSSR count). The third-order valence-corrected chi connectivity index (χ3v) is 3.01. The van der Waals surface area contributed by atoms with Crippen LogP contribution >= 0.6 is 0 Å². The van der Waals surface area contributed by atoms with Crippen LogP contribution < -0.4 is 5.32 Å². The van der Waals surface area contributed by atoms with E-state index in [1.54, 1.807) is 0 Å². The molecule has 0 saturated heterocycles. The van der Waals surface area contributed by atoms with Crippen LogP contribution in [0.3, 0.4) is 0 Å². The highest BCUT2D eigenvalue weighted by molar-refractivity contribution is 5.77. The summed E-state index contributed by atoms with van der Waals surface area (Å²) in [5, 5.41) is 3.43. The number of fused-ring (bicyclic) bond motifs is 1. The molecule has 0 fully saturated rings. The van der Waals surface area contributed by atoms with Gasteiger partial charge in [-0.1, -0.05) is 33.6 Å². The summed E-state index contributed by atoms with van der Waals surface area (Å²) in [6, 6.07) is 6.12. The zero-order valence-electron chi connectivity index (χ0n) is 11.5. The summed E-state index contributed by atoms with van der Waals surface area (Å²) >= 11 is 0. The first-order valence-electron chi connectivity index (χ1n) is 6.85. The highest BCUT2D eigenvalue weighted by Gasteiger charge is 2.09. The number of anilines is 1. The molecule has 0 aliphatic rings. The fourth-order valence-electron chi connectivity index (χ4n) is 1.91. The van der Waals surface area contributed by atoms with Crippen LogP contribution in [0, 0.1) is 0 Å². The van der Waals surface area contributed by atoms with Gasteiger partial charge in [0, 0.05) is 18.2 Å². The maximum Gasteiger partial charge on any atom is 0.198 e. The van der Waals surface area contributed by atoms with Gasteiger partial charge in [0.1, 0.15) is 5.52 Å². The zero-order chi connectivity index (χ0) is 13.0. The molecule has 0 atom stereocenters. The van der Waals surface area contributed by atoms with E-state index in [-0.39, 0.29) is 0 Å². The normalized spacial score (nSPS) is 11.3. The third-order valence-electron chi connectivity index (χ3n) is 3.01. The number of nitrogens with one attached hydrogen (secondary N) is 1. The molecule has 0 radical (unpaired) electrons. The van der Waals surface area contributed by atoms with E-state index in [1.807, 2.05) is 6.07 Å². The second kappa shape index (κ2) is 5.89. The molecule has 0 aliphatic heterocycles. The summed E-state index contributed by atoms with van der Waals surface area (Å²) in [4.78, 5) is 4.51. The first-order chi connectivity index (χ1) is 8.70. The molecule has 0 bridgehead atoms. The number of unbranched alkanes of at least 4 members (excludes halogenated alkanes) is 2. The Kier molecular flexibility index (Phi) is 4.24. The lowest BCUT2D eigenvalue weighted by Gasteiger charge is -2.04. The van der Waals surface area contributed by atoms with E-state index >= 15 is 0 Å². The zero-order valence-corrected chi connectivity index (χ0v) is 11.5. The lowest BCUT2D eigenvalue weighted by molar-refractivity contribution is 0.501. The molecule has 0 saturated carbocycles.